The lowest BCUT2D eigenvalue weighted by Crippen LogP contribution is -1.96. The van der Waals surface area contributed by atoms with Crippen LogP contribution in [0.4, 0.5) is 0 Å². The molecule has 0 radical (unpaired) electrons. The number of hydrogen-bond donors (Lipinski definition) is 0. The van der Waals surface area contributed by atoms with Crippen LogP contribution in [-0.4, -0.2) is 17.3 Å². The number of esters is 1. The summed E-state index contributed by atoms with van der Waals surface area (Å²) in [6.45, 7) is 0. The van der Waals surface area contributed by atoms with Crippen LogP contribution in [0.1, 0.15) is 9.67 Å². The van der Waals surface area contributed by atoms with E-state index in [2.05, 4.69) is 4.74 Å². The molecule has 0 N–H and O–H groups in total. The summed E-state index contributed by atoms with van der Waals surface area (Å²) < 4.78 is 17.4. The summed E-state index contributed by atoms with van der Waals surface area (Å²) in [5, 5.41) is 0. The highest BCUT2D eigenvalue weighted by atomic mass is 32.2. The zero-order chi connectivity index (χ0) is 12.3. The predicted molar refractivity (Wildman–Crippen MR) is 66.8 cm³/mol. The van der Waals surface area contributed by atoms with Gasteiger partial charge in [-0.1, -0.05) is 18.2 Å². The molecule has 0 amide bonds. The molecule has 0 aliphatic heterocycles. The van der Waals surface area contributed by atoms with Gasteiger partial charge in [0.2, 0.25) is 0 Å². The van der Waals surface area contributed by atoms with Gasteiger partial charge in [-0.25, -0.2) is 9.00 Å². The van der Waals surface area contributed by atoms with Gasteiger partial charge < -0.3 is 4.74 Å². The Morgan fingerprint density at radius 2 is 1.88 bits per heavy atom. The van der Waals surface area contributed by atoms with Crippen LogP contribution < -0.4 is 0 Å². The number of benzene rings is 1. The van der Waals surface area contributed by atoms with Crippen LogP contribution in [0.15, 0.2) is 51.6 Å². The van der Waals surface area contributed by atoms with Crippen molar-refractivity contribution in [1.82, 2.24) is 0 Å². The van der Waals surface area contributed by atoms with Crippen LogP contribution in [0, 0.1) is 0 Å². The van der Waals surface area contributed by atoms with Crippen molar-refractivity contribution in [2.24, 2.45) is 0 Å². The van der Waals surface area contributed by atoms with Gasteiger partial charge in [0.1, 0.15) is 4.88 Å². The molecule has 0 saturated carbocycles. The molecule has 3 nitrogen and oxygen atoms in total. The number of hydrogen-bond acceptors (Lipinski definition) is 4. The van der Waals surface area contributed by atoms with Crippen LogP contribution in [0.5, 0.6) is 0 Å². The zero-order valence-corrected chi connectivity index (χ0v) is 10.7. The van der Waals surface area contributed by atoms with Crippen molar-refractivity contribution in [1.29, 1.82) is 0 Å². The van der Waals surface area contributed by atoms with Crippen LogP contribution in [-0.2, 0) is 15.5 Å². The number of methoxy groups -OCH3 is 1. The van der Waals surface area contributed by atoms with Crippen molar-refractivity contribution < 1.29 is 13.7 Å². The second-order valence-electron chi connectivity index (χ2n) is 3.19. The second-order valence-corrected chi connectivity index (χ2v) is 5.98. The molecule has 0 aliphatic carbocycles. The highest BCUT2D eigenvalue weighted by Crippen LogP contribution is 2.24. The van der Waals surface area contributed by atoms with E-state index >= 15 is 0 Å². The van der Waals surface area contributed by atoms with E-state index in [-0.39, 0.29) is 0 Å². The average molecular weight is 266 g/mol. The minimum absolute atomic E-state index is 0.397. The van der Waals surface area contributed by atoms with Crippen molar-refractivity contribution >= 4 is 28.1 Å². The normalized spacial score (nSPS) is 12.1. The first kappa shape index (κ1) is 12.0. The summed E-state index contributed by atoms with van der Waals surface area (Å²) in [4.78, 5) is 12.5. The Labute approximate surface area is 106 Å². The van der Waals surface area contributed by atoms with E-state index in [4.69, 9.17) is 0 Å². The molecular formula is C12H10O3S2. The predicted octanol–water partition coefficient (Wildman–Crippen LogP) is 2.70. The fourth-order valence-electron chi connectivity index (χ4n) is 1.29. The molecule has 88 valence electrons. The van der Waals surface area contributed by atoms with Gasteiger partial charge in [0, 0.05) is 4.90 Å². The van der Waals surface area contributed by atoms with Gasteiger partial charge in [-0.3, -0.25) is 0 Å². The Hall–Kier alpha value is -1.46. The molecule has 2 aromatic rings. The Balaban J connectivity index is 2.27. The van der Waals surface area contributed by atoms with E-state index in [9.17, 15) is 9.00 Å². The summed E-state index contributed by atoms with van der Waals surface area (Å²) >= 11 is 1.19. The van der Waals surface area contributed by atoms with Crippen molar-refractivity contribution in [2.75, 3.05) is 7.11 Å². The first-order valence-electron chi connectivity index (χ1n) is 4.87. The molecule has 0 aliphatic rings. The summed E-state index contributed by atoms with van der Waals surface area (Å²) in [5.41, 5.74) is 0. The molecule has 0 saturated heterocycles. The smallest absolute Gasteiger partial charge is 0.348 e. The molecule has 17 heavy (non-hydrogen) atoms. The Kier molecular flexibility index (Phi) is 3.71. The van der Waals surface area contributed by atoms with Crippen molar-refractivity contribution in [3.05, 3.63) is 47.3 Å². The van der Waals surface area contributed by atoms with Crippen molar-refractivity contribution in [2.45, 2.75) is 9.10 Å². The van der Waals surface area contributed by atoms with E-state index in [1.54, 1.807) is 24.3 Å². The molecule has 0 bridgehead atoms. The number of rotatable bonds is 3. The SMILES string of the molecule is COC(=O)c1ccc(S(=O)c2ccccc2)s1. The van der Waals surface area contributed by atoms with Crippen LogP contribution >= 0.6 is 11.3 Å². The summed E-state index contributed by atoms with van der Waals surface area (Å²) in [6.07, 6.45) is 0. The van der Waals surface area contributed by atoms with Crippen molar-refractivity contribution in [3.63, 3.8) is 0 Å². The van der Waals surface area contributed by atoms with Gasteiger partial charge >= 0.3 is 5.97 Å². The molecule has 1 atom stereocenters. The largest absolute Gasteiger partial charge is 0.465 e. The molecule has 1 unspecified atom stereocenters. The molecule has 5 heteroatoms. The van der Waals surface area contributed by atoms with E-state index in [1.165, 1.54) is 18.4 Å². The maximum atomic E-state index is 12.1. The van der Waals surface area contributed by atoms with E-state index in [0.29, 0.717) is 9.09 Å². The first-order valence-corrected chi connectivity index (χ1v) is 6.84. The van der Waals surface area contributed by atoms with Crippen LogP contribution in [0.3, 0.4) is 0 Å². The Bertz CT molecular complexity index is 546. The van der Waals surface area contributed by atoms with Crippen molar-refractivity contribution in [3.8, 4) is 0 Å². The lowest BCUT2D eigenvalue weighted by molar-refractivity contribution is 0.0606. The summed E-state index contributed by atoms with van der Waals surface area (Å²) in [7, 11) is 0.0955. The Morgan fingerprint density at radius 3 is 2.53 bits per heavy atom. The number of thiophene rings is 1. The molecule has 0 spiro atoms. The monoisotopic (exact) mass is 266 g/mol. The topological polar surface area (TPSA) is 43.4 Å². The minimum Gasteiger partial charge on any atom is -0.465 e. The molecular weight excluding hydrogens is 256 g/mol. The summed E-state index contributed by atoms with van der Waals surface area (Å²) in [6, 6.07) is 12.5. The highest BCUT2D eigenvalue weighted by Gasteiger charge is 2.13. The van der Waals surface area contributed by atoms with Crippen LogP contribution in [0.25, 0.3) is 0 Å². The second kappa shape index (κ2) is 5.25. The quantitative estimate of drug-likeness (QED) is 0.802. The summed E-state index contributed by atoms with van der Waals surface area (Å²) in [5.74, 6) is -0.397. The van der Waals surface area contributed by atoms with Gasteiger partial charge in [0.25, 0.3) is 0 Å². The van der Waals surface area contributed by atoms with Gasteiger partial charge in [0.15, 0.2) is 0 Å². The molecule has 1 aromatic heterocycles. The molecule has 0 fully saturated rings. The maximum absolute atomic E-state index is 12.1. The van der Waals surface area contributed by atoms with Gasteiger partial charge in [-0.2, -0.15) is 0 Å². The fraction of sp³-hybridized carbons (Fsp3) is 0.0833. The van der Waals surface area contributed by atoms with Gasteiger partial charge in [0.05, 0.1) is 22.1 Å². The lowest BCUT2D eigenvalue weighted by Gasteiger charge is -1.97. The van der Waals surface area contributed by atoms with Crippen LogP contribution in [0.2, 0.25) is 0 Å². The fourth-order valence-corrected chi connectivity index (χ4v) is 3.63. The molecule has 1 aromatic carbocycles. The van der Waals surface area contributed by atoms with E-state index in [0.717, 1.165) is 4.90 Å². The Morgan fingerprint density at radius 1 is 1.18 bits per heavy atom. The molecule has 1 heterocycles. The first-order chi connectivity index (χ1) is 8.22. The molecule has 2 rings (SSSR count). The third-order valence-corrected chi connectivity index (χ3v) is 4.87. The number of carbonyl (C=O) groups excluding carboxylic acids is 1. The van der Waals surface area contributed by atoms with E-state index in [1.807, 2.05) is 18.2 Å². The van der Waals surface area contributed by atoms with Gasteiger partial charge in [-0.05, 0) is 24.3 Å². The van der Waals surface area contributed by atoms with Gasteiger partial charge in [-0.15, -0.1) is 11.3 Å². The third kappa shape index (κ3) is 2.62. The third-order valence-electron chi connectivity index (χ3n) is 2.11. The van der Waals surface area contributed by atoms with E-state index < -0.39 is 16.8 Å². The minimum atomic E-state index is -1.23. The zero-order valence-electron chi connectivity index (χ0n) is 9.08. The highest BCUT2D eigenvalue weighted by molar-refractivity contribution is 7.87. The average Bonchev–Trinajstić information content (AvgIpc) is 2.87. The number of carbonyl (C=O) groups is 1. The lowest BCUT2D eigenvalue weighted by atomic mass is 10.4. The maximum Gasteiger partial charge on any atom is 0.348 e. The standard InChI is InChI=1S/C12H10O3S2/c1-15-12(13)10-7-8-11(16-10)17(14)9-5-3-2-4-6-9/h2-8H,1H3. The number of ether oxygens (including phenoxy) is 1.